The molecule has 18 heavy (non-hydrogen) atoms. The molecule has 0 aliphatic heterocycles. The maximum Gasteiger partial charge on any atom is 0.177 e. The van der Waals surface area contributed by atoms with Crippen molar-refractivity contribution >= 4 is 14.2 Å². The lowest BCUT2D eigenvalue weighted by Crippen LogP contribution is -2.04. The Morgan fingerprint density at radius 2 is 1.89 bits per heavy atom. The molecule has 0 N–H and O–H groups in total. The molecule has 0 bridgehead atoms. The maximum absolute atomic E-state index is 11.6. The third-order valence-corrected chi connectivity index (χ3v) is 3.67. The van der Waals surface area contributed by atoms with E-state index in [0.717, 1.165) is 5.56 Å². The molecule has 1 aromatic rings. The summed E-state index contributed by atoms with van der Waals surface area (Å²) in [5.74, 6) is 6.15. The Bertz CT molecular complexity index is 416. The Labute approximate surface area is 109 Å². The molecule has 0 aliphatic rings. The van der Waals surface area contributed by atoms with Crippen LogP contribution >= 0.6 is 8.38 Å². The van der Waals surface area contributed by atoms with Crippen molar-refractivity contribution in [2.45, 2.75) is 12.8 Å². The molecule has 96 valence electrons. The van der Waals surface area contributed by atoms with Crippen LogP contribution in [0.4, 0.5) is 0 Å². The molecule has 0 saturated heterocycles. The molecule has 0 aromatic heterocycles. The van der Waals surface area contributed by atoms with Gasteiger partial charge in [-0.1, -0.05) is 30.0 Å². The number of Topliss-reactive ketones (excluding diaryl/α,β-unsaturated/α-hetero) is 1. The summed E-state index contributed by atoms with van der Waals surface area (Å²) in [5.41, 5.74) is 0.973. The van der Waals surface area contributed by atoms with Crippen molar-refractivity contribution in [3.05, 3.63) is 35.9 Å². The van der Waals surface area contributed by atoms with Crippen molar-refractivity contribution in [2.24, 2.45) is 0 Å². The van der Waals surface area contributed by atoms with Crippen LogP contribution in [0.1, 0.15) is 18.4 Å². The van der Waals surface area contributed by atoms with Crippen molar-refractivity contribution in [1.29, 1.82) is 0 Å². The van der Waals surface area contributed by atoms with E-state index < -0.39 is 8.38 Å². The molecule has 0 unspecified atom stereocenters. The van der Waals surface area contributed by atoms with E-state index in [4.69, 9.17) is 9.05 Å². The molecule has 0 heterocycles. The summed E-state index contributed by atoms with van der Waals surface area (Å²) in [4.78, 5) is 11.6. The topological polar surface area (TPSA) is 35.5 Å². The largest absolute Gasteiger partial charge is 0.337 e. The van der Waals surface area contributed by atoms with Crippen LogP contribution < -0.4 is 0 Å². The molecule has 0 radical (unpaired) electrons. The van der Waals surface area contributed by atoms with E-state index in [1.54, 1.807) is 14.2 Å². The van der Waals surface area contributed by atoms with Crippen molar-refractivity contribution in [1.82, 2.24) is 0 Å². The summed E-state index contributed by atoms with van der Waals surface area (Å²) >= 11 is 0. The molecule has 0 fully saturated rings. The average molecular weight is 264 g/mol. The fourth-order valence-electron chi connectivity index (χ4n) is 1.31. The quantitative estimate of drug-likeness (QED) is 0.585. The van der Waals surface area contributed by atoms with Crippen molar-refractivity contribution in [2.75, 3.05) is 20.4 Å². The zero-order valence-electron chi connectivity index (χ0n) is 10.7. The first-order chi connectivity index (χ1) is 8.76. The SMILES string of the molecule is COP(CC(=O)CCC#Cc1ccccc1)OC. The Kier molecular flexibility index (Phi) is 7.29. The van der Waals surface area contributed by atoms with Gasteiger partial charge in [-0.2, -0.15) is 0 Å². The highest BCUT2D eigenvalue weighted by Gasteiger charge is 2.11. The highest BCUT2D eigenvalue weighted by Crippen LogP contribution is 2.35. The number of hydrogen-bond donors (Lipinski definition) is 0. The summed E-state index contributed by atoms with van der Waals surface area (Å²) in [6.45, 7) is 0. The fourth-order valence-corrected chi connectivity index (χ4v) is 2.17. The predicted octanol–water partition coefficient (Wildman–Crippen LogP) is 2.99. The third-order valence-electron chi connectivity index (χ3n) is 2.25. The van der Waals surface area contributed by atoms with Gasteiger partial charge in [-0.05, 0) is 12.1 Å². The Balaban J connectivity index is 2.30. The van der Waals surface area contributed by atoms with Gasteiger partial charge in [0.15, 0.2) is 8.38 Å². The smallest absolute Gasteiger partial charge is 0.177 e. The minimum absolute atomic E-state index is 0.132. The molecular weight excluding hydrogens is 247 g/mol. The number of hydrogen-bond acceptors (Lipinski definition) is 3. The lowest BCUT2D eigenvalue weighted by molar-refractivity contribution is -0.116. The van der Waals surface area contributed by atoms with E-state index in [1.165, 1.54) is 0 Å². The van der Waals surface area contributed by atoms with Crippen LogP contribution in [0.2, 0.25) is 0 Å². The molecular formula is C14H17O3P. The Morgan fingerprint density at radius 3 is 2.50 bits per heavy atom. The third kappa shape index (κ3) is 5.93. The number of carbonyl (C=O) groups is 1. The maximum atomic E-state index is 11.6. The predicted molar refractivity (Wildman–Crippen MR) is 73.4 cm³/mol. The molecule has 1 aromatic carbocycles. The van der Waals surface area contributed by atoms with Crippen LogP contribution in [-0.2, 0) is 13.8 Å². The molecule has 4 heteroatoms. The van der Waals surface area contributed by atoms with Gasteiger partial charge in [0.05, 0.1) is 6.16 Å². The van der Waals surface area contributed by atoms with Gasteiger partial charge in [-0.3, -0.25) is 4.79 Å². The zero-order chi connectivity index (χ0) is 13.2. The van der Waals surface area contributed by atoms with Crippen molar-refractivity contribution < 1.29 is 13.8 Å². The first kappa shape index (κ1) is 14.9. The summed E-state index contributed by atoms with van der Waals surface area (Å²) < 4.78 is 10.1. The molecule has 0 saturated carbocycles. The number of rotatable bonds is 6. The van der Waals surface area contributed by atoms with E-state index in [1.807, 2.05) is 30.3 Å². The highest BCUT2D eigenvalue weighted by atomic mass is 31.2. The summed E-state index contributed by atoms with van der Waals surface area (Å²) in [7, 11) is 2.05. The second-order valence-electron chi connectivity index (χ2n) is 3.56. The monoisotopic (exact) mass is 264 g/mol. The number of benzene rings is 1. The van der Waals surface area contributed by atoms with E-state index in [0.29, 0.717) is 19.0 Å². The van der Waals surface area contributed by atoms with E-state index in [-0.39, 0.29) is 5.78 Å². The molecule has 0 aliphatic carbocycles. The standard InChI is InChI=1S/C14H17O3P/c1-16-18(17-2)12-14(15)11-7-6-10-13-8-4-3-5-9-13/h3-5,8-9H,7,11-12H2,1-2H3. The molecule has 0 atom stereocenters. The second-order valence-corrected chi connectivity index (χ2v) is 5.27. The van der Waals surface area contributed by atoms with E-state index >= 15 is 0 Å². The van der Waals surface area contributed by atoms with E-state index in [9.17, 15) is 4.79 Å². The van der Waals surface area contributed by atoms with Gasteiger partial charge < -0.3 is 9.05 Å². The Morgan fingerprint density at radius 1 is 1.22 bits per heavy atom. The summed E-state index contributed by atoms with van der Waals surface area (Å²) in [5, 5.41) is 0. The number of carbonyl (C=O) groups excluding carboxylic acids is 1. The van der Waals surface area contributed by atoms with Crippen LogP contribution in [-0.4, -0.2) is 26.2 Å². The normalized spacial score (nSPS) is 9.94. The Hall–Kier alpha value is -1.20. The van der Waals surface area contributed by atoms with E-state index in [2.05, 4.69) is 11.8 Å². The lowest BCUT2D eigenvalue weighted by Gasteiger charge is -2.09. The van der Waals surface area contributed by atoms with Gasteiger partial charge in [0.2, 0.25) is 0 Å². The van der Waals surface area contributed by atoms with Gasteiger partial charge in [-0.15, -0.1) is 0 Å². The van der Waals surface area contributed by atoms with Gasteiger partial charge in [-0.25, -0.2) is 0 Å². The minimum atomic E-state index is -1.06. The number of ketones is 1. The van der Waals surface area contributed by atoms with Gasteiger partial charge in [0.1, 0.15) is 5.78 Å². The average Bonchev–Trinajstić information content (AvgIpc) is 2.42. The summed E-state index contributed by atoms with van der Waals surface area (Å²) in [6, 6.07) is 9.74. The second kappa shape index (κ2) is 8.83. The zero-order valence-corrected chi connectivity index (χ0v) is 11.6. The molecule has 3 nitrogen and oxygen atoms in total. The van der Waals surface area contributed by atoms with Crippen molar-refractivity contribution in [3.63, 3.8) is 0 Å². The molecule has 0 spiro atoms. The highest BCUT2D eigenvalue weighted by molar-refractivity contribution is 7.48. The van der Waals surface area contributed by atoms with Crippen molar-refractivity contribution in [3.8, 4) is 11.8 Å². The minimum Gasteiger partial charge on any atom is -0.337 e. The molecule has 1 rings (SSSR count). The summed E-state index contributed by atoms with van der Waals surface area (Å²) in [6.07, 6.45) is 1.37. The van der Waals surface area contributed by atoms with Crippen LogP contribution in [0.15, 0.2) is 30.3 Å². The van der Waals surface area contributed by atoms with Crippen LogP contribution in [0, 0.1) is 11.8 Å². The van der Waals surface area contributed by atoms with Crippen LogP contribution in [0.25, 0.3) is 0 Å². The lowest BCUT2D eigenvalue weighted by atomic mass is 10.2. The van der Waals surface area contributed by atoms with Gasteiger partial charge in [0.25, 0.3) is 0 Å². The first-order valence-corrected chi connectivity index (χ1v) is 7.04. The van der Waals surface area contributed by atoms with Crippen LogP contribution in [0.5, 0.6) is 0 Å². The molecule has 0 amide bonds. The van der Waals surface area contributed by atoms with Gasteiger partial charge in [0, 0.05) is 32.6 Å². The van der Waals surface area contributed by atoms with Gasteiger partial charge >= 0.3 is 0 Å². The fraction of sp³-hybridized carbons (Fsp3) is 0.357. The first-order valence-electron chi connectivity index (χ1n) is 5.67. The van der Waals surface area contributed by atoms with Crippen LogP contribution in [0.3, 0.4) is 0 Å².